The van der Waals surface area contributed by atoms with E-state index in [2.05, 4.69) is 11.7 Å². The molecule has 4 aromatic rings. The van der Waals surface area contributed by atoms with Crippen LogP contribution >= 0.6 is 0 Å². The Balaban J connectivity index is 1.60. The van der Waals surface area contributed by atoms with E-state index in [1.165, 1.54) is 12.1 Å². The third kappa shape index (κ3) is 5.12. The van der Waals surface area contributed by atoms with E-state index < -0.39 is 52.2 Å². The van der Waals surface area contributed by atoms with Crippen molar-refractivity contribution in [2.45, 2.75) is 19.8 Å². The van der Waals surface area contributed by atoms with Gasteiger partial charge in [-0.3, -0.25) is 0 Å². The molecule has 184 valence electrons. The van der Waals surface area contributed by atoms with Gasteiger partial charge >= 0.3 is 5.97 Å². The standard InChI is InChI=1S/C28H18F6O2/c1-2-3-15-4-6-16(7-5-15)17-8-9-20(21(29)10-17)18-11-22(30)26(23(31)12-18)28(35)36-19-13-24(32)27(34)25(33)14-19/h4-14H,2-3H2,1H3. The molecule has 0 heterocycles. The number of ether oxygens (including phenoxy) is 1. The lowest BCUT2D eigenvalue weighted by molar-refractivity contribution is 0.0723. The topological polar surface area (TPSA) is 26.3 Å². The fourth-order valence-electron chi connectivity index (χ4n) is 3.75. The zero-order valence-corrected chi connectivity index (χ0v) is 18.8. The fraction of sp³-hybridized carbons (Fsp3) is 0.107. The molecule has 0 saturated heterocycles. The predicted octanol–water partition coefficient (Wildman–Crippen LogP) is 8.03. The molecule has 4 rings (SSSR count). The van der Waals surface area contributed by atoms with E-state index >= 15 is 0 Å². The lowest BCUT2D eigenvalue weighted by Crippen LogP contribution is -2.14. The monoisotopic (exact) mass is 500 g/mol. The average Bonchev–Trinajstić information content (AvgIpc) is 2.82. The van der Waals surface area contributed by atoms with Crippen molar-refractivity contribution < 1.29 is 35.9 Å². The van der Waals surface area contributed by atoms with Gasteiger partial charge in [0.2, 0.25) is 0 Å². The SMILES string of the molecule is CCCc1ccc(-c2ccc(-c3cc(F)c(C(=O)Oc4cc(F)c(F)c(F)c4)c(F)c3)c(F)c2)cc1. The molecule has 0 N–H and O–H groups in total. The van der Waals surface area contributed by atoms with Gasteiger partial charge in [0, 0.05) is 17.7 Å². The van der Waals surface area contributed by atoms with Crippen molar-refractivity contribution in [3.63, 3.8) is 0 Å². The van der Waals surface area contributed by atoms with Gasteiger partial charge in [-0.15, -0.1) is 0 Å². The van der Waals surface area contributed by atoms with Gasteiger partial charge in [-0.2, -0.15) is 0 Å². The minimum Gasteiger partial charge on any atom is -0.423 e. The second-order valence-corrected chi connectivity index (χ2v) is 8.05. The molecule has 0 bridgehead atoms. The molecule has 0 unspecified atom stereocenters. The summed E-state index contributed by atoms with van der Waals surface area (Å²) in [6.07, 6.45) is 1.92. The molecule has 0 amide bonds. The highest BCUT2D eigenvalue weighted by Crippen LogP contribution is 2.31. The Morgan fingerprint density at radius 2 is 1.22 bits per heavy atom. The molecular weight excluding hydrogens is 482 g/mol. The maximum Gasteiger partial charge on any atom is 0.349 e. The van der Waals surface area contributed by atoms with E-state index in [1.807, 2.05) is 24.3 Å². The molecule has 0 aromatic heterocycles. The molecule has 0 saturated carbocycles. The highest BCUT2D eigenvalue weighted by molar-refractivity contribution is 5.92. The maximum absolute atomic E-state index is 14.9. The van der Waals surface area contributed by atoms with Crippen LogP contribution in [0.5, 0.6) is 5.75 Å². The predicted molar refractivity (Wildman–Crippen MR) is 122 cm³/mol. The average molecular weight is 500 g/mol. The van der Waals surface area contributed by atoms with Crippen LogP contribution in [-0.4, -0.2) is 5.97 Å². The van der Waals surface area contributed by atoms with E-state index in [0.717, 1.165) is 36.1 Å². The molecule has 2 nitrogen and oxygen atoms in total. The van der Waals surface area contributed by atoms with Crippen molar-refractivity contribution in [3.8, 4) is 28.0 Å². The summed E-state index contributed by atoms with van der Waals surface area (Å²) in [5, 5.41) is 0. The molecule has 0 aliphatic heterocycles. The highest BCUT2D eigenvalue weighted by atomic mass is 19.2. The number of hydrogen-bond donors (Lipinski definition) is 0. The van der Waals surface area contributed by atoms with Crippen molar-refractivity contribution in [2.24, 2.45) is 0 Å². The molecule has 0 radical (unpaired) electrons. The van der Waals surface area contributed by atoms with Crippen LogP contribution in [0.2, 0.25) is 0 Å². The maximum atomic E-state index is 14.9. The van der Waals surface area contributed by atoms with Gasteiger partial charge in [-0.05, 0) is 46.9 Å². The first-order chi connectivity index (χ1) is 17.2. The van der Waals surface area contributed by atoms with Crippen LogP contribution < -0.4 is 4.74 Å². The molecule has 0 aliphatic rings. The second kappa shape index (κ2) is 10.3. The molecule has 0 aliphatic carbocycles. The van der Waals surface area contributed by atoms with Crippen molar-refractivity contribution in [2.75, 3.05) is 0 Å². The number of carbonyl (C=O) groups is 1. The molecule has 36 heavy (non-hydrogen) atoms. The first-order valence-electron chi connectivity index (χ1n) is 10.9. The molecule has 4 aromatic carbocycles. The smallest absolute Gasteiger partial charge is 0.349 e. The van der Waals surface area contributed by atoms with Gasteiger partial charge in [-0.25, -0.2) is 31.1 Å². The lowest BCUT2D eigenvalue weighted by Gasteiger charge is -2.11. The van der Waals surface area contributed by atoms with Crippen molar-refractivity contribution >= 4 is 5.97 Å². The summed E-state index contributed by atoms with van der Waals surface area (Å²) < 4.78 is 88.6. The van der Waals surface area contributed by atoms with Crippen LogP contribution in [0.25, 0.3) is 22.3 Å². The van der Waals surface area contributed by atoms with E-state index in [-0.39, 0.29) is 11.1 Å². The van der Waals surface area contributed by atoms with Crippen molar-refractivity contribution in [1.29, 1.82) is 0 Å². The van der Waals surface area contributed by atoms with E-state index in [9.17, 15) is 31.1 Å². The van der Waals surface area contributed by atoms with Gasteiger partial charge in [-0.1, -0.05) is 49.7 Å². The van der Waals surface area contributed by atoms with Gasteiger partial charge < -0.3 is 4.74 Å². The van der Waals surface area contributed by atoms with Crippen LogP contribution in [0.15, 0.2) is 66.7 Å². The quantitative estimate of drug-likeness (QED) is 0.116. The molecule has 8 heteroatoms. The number of carbonyl (C=O) groups excluding carboxylic acids is 1. The van der Waals surface area contributed by atoms with Crippen molar-refractivity contribution in [3.05, 3.63) is 113 Å². The van der Waals surface area contributed by atoms with Crippen LogP contribution in [0.1, 0.15) is 29.3 Å². The Morgan fingerprint density at radius 1 is 0.667 bits per heavy atom. The zero-order chi connectivity index (χ0) is 26.0. The number of halogens is 6. The minimum atomic E-state index is -1.79. The summed E-state index contributed by atoms with van der Waals surface area (Å²) in [4.78, 5) is 12.2. The molecule has 0 spiro atoms. The summed E-state index contributed by atoms with van der Waals surface area (Å²) in [6, 6.07) is 14.0. The Bertz CT molecular complexity index is 1400. The third-order valence-electron chi connectivity index (χ3n) is 5.52. The molecule has 0 atom stereocenters. The lowest BCUT2D eigenvalue weighted by atomic mass is 9.97. The number of rotatable bonds is 6. The van der Waals surface area contributed by atoms with E-state index in [0.29, 0.717) is 17.7 Å². The second-order valence-electron chi connectivity index (χ2n) is 8.05. The Kier molecular flexibility index (Phi) is 7.15. The van der Waals surface area contributed by atoms with E-state index in [4.69, 9.17) is 0 Å². The Labute approximate surface area is 202 Å². The van der Waals surface area contributed by atoms with Crippen LogP contribution in [-0.2, 0) is 6.42 Å². The number of aryl methyl sites for hydroxylation is 1. The normalized spacial score (nSPS) is 11.0. The number of hydrogen-bond acceptors (Lipinski definition) is 2. The summed E-state index contributed by atoms with van der Waals surface area (Å²) in [7, 11) is 0. The summed E-state index contributed by atoms with van der Waals surface area (Å²) in [6.45, 7) is 2.07. The van der Waals surface area contributed by atoms with Crippen LogP contribution in [0, 0.1) is 34.9 Å². The first kappa shape index (κ1) is 25.0. The van der Waals surface area contributed by atoms with Gasteiger partial charge in [0.25, 0.3) is 0 Å². The zero-order valence-electron chi connectivity index (χ0n) is 18.8. The van der Waals surface area contributed by atoms with Gasteiger partial charge in [0.15, 0.2) is 17.5 Å². The Morgan fingerprint density at radius 3 is 1.78 bits per heavy atom. The van der Waals surface area contributed by atoms with Gasteiger partial charge in [0.05, 0.1) is 0 Å². The minimum absolute atomic E-state index is 0.109. The summed E-state index contributed by atoms with van der Waals surface area (Å²) in [5.41, 5.74) is 1.04. The summed E-state index contributed by atoms with van der Waals surface area (Å²) in [5.74, 6) is -11.0. The fourth-order valence-corrected chi connectivity index (χ4v) is 3.75. The third-order valence-corrected chi connectivity index (χ3v) is 5.52. The van der Waals surface area contributed by atoms with Gasteiger partial charge in [0.1, 0.15) is 28.8 Å². The molecule has 0 fully saturated rings. The molecular formula is C28H18F6O2. The Hall–Kier alpha value is -4.07. The summed E-state index contributed by atoms with van der Waals surface area (Å²) >= 11 is 0. The van der Waals surface area contributed by atoms with E-state index in [1.54, 1.807) is 6.07 Å². The number of esters is 1. The van der Waals surface area contributed by atoms with Crippen LogP contribution in [0.3, 0.4) is 0 Å². The highest BCUT2D eigenvalue weighted by Gasteiger charge is 2.23. The first-order valence-corrected chi connectivity index (χ1v) is 10.9. The number of benzene rings is 4. The largest absolute Gasteiger partial charge is 0.423 e. The van der Waals surface area contributed by atoms with Crippen LogP contribution in [0.4, 0.5) is 26.3 Å². The van der Waals surface area contributed by atoms with Crippen molar-refractivity contribution in [1.82, 2.24) is 0 Å².